The third-order valence-electron chi connectivity index (χ3n) is 3.27. The van der Waals surface area contributed by atoms with Crippen LogP contribution in [0.25, 0.3) is 0 Å². The summed E-state index contributed by atoms with van der Waals surface area (Å²) in [6.07, 6.45) is 1.81. The van der Waals surface area contributed by atoms with Crippen molar-refractivity contribution in [3.63, 3.8) is 0 Å². The fourth-order valence-corrected chi connectivity index (χ4v) is 2.56. The normalized spacial score (nSPS) is 14.3. The second-order valence-electron chi connectivity index (χ2n) is 4.65. The fraction of sp³-hybridized carbons (Fsp3) is 0.267. The Morgan fingerprint density at radius 1 is 1.30 bits per heavy atom. The van der Waals surface area contributed by atoms with Crippen LogP contribution in [0.3, 0.4) is 0 Å². The van der Waals surface area contributed by atoms with E-state index < -0.39 is 0 Å². The van der Waals surface area contributed by atoms with E-state index in [4.69, 9.17) is 9.47 Å². The first kappa shape index (κ1) is 13.4. The molecular weight excluding hydrogens is 320 g/mol. The molecule has 1 aliphatic rings. The Kier molecular flexibility index (Phi) is 3.89. The SMILES string of the molecule is CC(NCc1cc2c(cc1Br)OCO2)c1ccccn1. The highest BCUT2D eigenvalue weighted by atomic mass is 79.9. The number of aromatic nitrogens is 1. The molecule has 0 amide bonds. The molecule has 1 aliphatic heterocycles. The molecule has 2 heterocycles. The smallest absolute Gasteiger partial charge is 0.231 e. The van der Waals surface area contributed by atoms with E-state index in [0.29, 0.717) is 6.79 Å². The van der Waals surface area contributed by atoms with Crippen LogP contribution in [0.5, 0.6) is 11.5 Å². The second-order valence-corrected chi connectivity index (χ2v) is 5.51. The molecule has 1 N–H and O–H groups in total. The van der Waals surface area contributed by atoms with Crippen molar-refractivity contribution in [2.75, 3.05) is 6.79 Å². The molecule has 0 spiro atoms. The summed E-state index contributed by atoms with van der Waals surface area (Å²) in [6.45, 7) is 3.13. The van der Waals surface area contributed by atoms with Gasteiger partial charge < -0.3 is 14.8 Å². The molecule has 1 aromatic heterocycles. The maximum absolute atomic E-state index is 5.40. The quantitative estimate of drug-likeness (QED) is 0.930. The minimum atomic E-state index is 0.188. The van der Waals surface area contributed by atoms with Gasteiger partial charge in [-0.05, 0) is 36.8 Å². The van der Waals surface area contributed by atoms with Crippen LogP contribution in [-0.2, 0) is 6.54 Å². The van der Waals surface area contributed by atoms with Gasteiger partial charge in [-0.1, -0.05) is 22.0 Å². The average Bonchev–Trinajstić information content (AvgIpc) is 2.92. The molecule has 20 heavy (non-hydrogen) atoms. The van der Waals surface area contributed by atoms with Crippen molar-refractivity contribution >= 4 is 15.9 Å². The van der Waals surface area contributed by atoms with Gasteiger partial charge >= 0.3 is 0 Å². The van der Waals surface area contributed by atoms with Gasteiger partial charge in [0.25, 0.3) is 0 Å². The maximum atomic E-state index is 5.40. The van der Waals surface area contributed by atoms with Gasteiger partial charge in [0.05, 0.1) is 5.69 Å². The lowest BCUT2D eigenvalue weighted by Gasteiger charge is -2.14. The molecule has 1 atom stereocenters. The number of hydrogen-bond acceptors (Lipinski definition) is 4. The van der Waals surface area contributed by atoms with Gasteiger partial charge in [-0.2, -0.15) is 0 Å². The number of benzene rings is 1. The molecule has 4 nitrogen and oxygen atoms in total. The standard InChI is InChI=1S/C15H15BrN2O2/c1-10(13-4-2-3-5-17-13)18-8-11-6-14-15(7-12(11)16)20-9-19-14/h2-7,10,18H,8-9H2,1H3. The Bertz CT molecular complexity index is 604. The molecule has 0 saturated carbocycles. The molecule has 3 rings (SSSR count). The number of halogens is 1. The van der Waals surface area contributed by atoms with Crippen molar-refractivity contribution in [1.82, 2.24) is 10.3 Å². The molecule has 1 aromatic carbocycles. The van der Waals surface area contributed by atoms with E-state index in [-0.39, 0.29) is 6.04 Å². The summed E-state index contributed by atoms with van der Waals surface area (Å²) in [5.41, 5.74) is 2.17. The van der Waals surface area contributed by atoms with Crippen molar-refractivity contribution in [3.05, 3.63) is 52.3 Å². The van der Waals surface area contributed by atoms with Crippen LogP contribution in [0, 0.1) is 0 Å². The van der Waals surface area contributed by atoms with Gasteiger partial charge in [0.15, 0.2) is 11.5 Å². The summed E-state index contributed by atoms with van der Waals surface area (Å²) in [7, 11) is 0. The molecule has 104 valence electrons. The summed E-state index contributed by atoms with van der Waals surface area (Å²) in [5.74, 6) is 1.59. The highest BCUT2D eigenvalue weighted by Crippen LogP contribution is 2.37. The van der Waals surface area contributed by atoms with E-state index in [2.05, 4.69) is 33.2 Å². The van der Waals surface area contributed by atoms with Gasteiger partial charge in [-0.25, -0.2) is 0 Å². The Morgan fingerprint density at radius 2 is 2.10 bits per heavy atom. The van der Waals surface area contributed by atoms with E-state index in [1.54, 1.807) is 0 Å². The van der Waals surface area contributed by atoms with Crippen LogP contribution in [0.1, 0.15) is 24.2 Å². The summed E-state index contributed by atoms with van der Waals surface area (Å²) in [6, 6.07) is 10.1. The molecule has 0 fully saturated rings. The van der Waals surface area contributed by atoms with Crippen LogP contribution in [0.4, 0.5) is 0 Å². The van der Waals surface area contributed by atoms with Gasteiger partial charge in [0, 0.05) is 23.3 Å². The Hall–Kier alpha value is -1.59. The van der Waals surface area contributed by atoms with Crippen molar-refractivity contribution in [3.8, 4) is 11.5 Å². The number of rotatable bonds is 4. The number of fused-ring (bicyclic) bond motifs is 1. The summed E-state index contributed by atoms with van der Waals surface area (Å²) in [5, 5.41) is 3.46. The van der Waals surface area contributed by atoms with Gasteiger partial charge in [-0.3, -0.25) is 4.98 Å². The van der Waals surface area contributed by atoms with Crippen LogP contribution < -0.4 is 14.8 Å². The lowest BCUT2D eigenvalue weighted by atomic mass is 10.1. The van der Waals surface area contributed by atoms with E-state index in [1.807, 2.05) is 36.5 Å². The van der Waals surface area contributed by atoms with E-state index in [0.717, 1.165) is 33.8 Å². The second kappa shape index (κ2) is 5.81. The van der Waals surface area contributed by atoms with Crippen LogP contribution in [-0.4, -0.2) is 11.8 Å². The van der Waals surface area contributed by atoms with Gasteiger partial charge in [0.2, 0.25) is 6.79 Å². The van der Waals surface area contributed by atoms with Crippen molar-refractivity contribution in [1.29, 1.82) is 0 Å². The predicted octanol–water partition coefficient (Wildman–Crippen LogP) is 3.42. The van der Waals surface area contributed by atoms with Crippen molar-refractivity contribution in [2.24, 2.45) is 0 Å². The summed E-state index contributed by atoms with van der Waals surface area (Å²) < 4.78 is 11.8. The molecule has 0 radical (unpaired) electrons. The summed E-state index contributed by atoms with van der Waals surface area (Å²) in [4.78, 5) is 4.35. The largest absolute Gasteiger partial charge is 0.454 e. The zero-order chi connectivity index (χ0) is 13.9. The molecule has 5 heteroatoms. The molecule has 0 aliphatic carbocycles. The van der Waals surface area contributed by atoms with E-state index in [9.17, 15) is 0 Å². The zero-order valence-electron chi connectivity index (χ0n) is 11.1. The minimum Gasteiger partial charge on any atom is -0.454 e. The lowest BCUT2D eigenvalue weighted by Crippen LogP contribution is -2.19. The zero-order valence-corrected chi connectivity index (χ0v) is 12.7. The molecule has 0 bridgehead atoms. The Balaban J connectivity index is 1.70. The topological polar surface area (TPSA) is 43.4 Å². The highest BCUT2D eigenvalue weighted by Gasteiger charge is 2.16. The molecule has 1 unspecified atom stereocenters. The fourth-order valence-electron chi connectivity index (χ4n) is 2.09. The Labute approximate surface area is 126 Å². The van der Waals surface area contributed by atoms with Crippen LogP contribution in [0.15, 0.2) is 41.0 Å². The van der Waals surface area contributed by atoms with Crippen LogP contribution in [0.2, 0.25) is 0 Å². The lowest BCUT2D eigenvalue weighted by molar-refractivity contribution is 0.174. The van der Waals surface area contributed by atoms with Gasteiger partial charge in [-0.15, -0.1) is 0 Å². The number of nitrogens with one attached hydrogen (secondary N) is 1. The first-order valence-corrected chi connectivity index (χ1v) is 7.25. The maximum Gasteiger partial charge on any atom is 0.231 e. The monoisotopic (exact) mass is 334 g/mol. The third kappa shape index (κ3) is 2.78. The third-order valence-corrected chi connectivity index (χ3v) is 4.01. The molecular formula is C15H15BrN2O2. The average molecular weight is 335 g/mol. The minimum absolute atomic E-state index is 0.188. The number of nitrogens with zero attached hydrogens (tertiary/aromatic N) is 1. The highest BCUT2D eigenvalue weighted by molar-refractivity contribution is 9.10. The number of hydrogen-bond donors (Lipinski definition) is 1. The molecule has 0 saturated heterocycles. The number of ether oxygens (including phenoxy) is 2. The Morgan fingerprint density at radius 3 is 2.85 bits per heavy atom. The van der Waals surface area contributed by atoms with Crippen LogP contribution >= 0.6 is 15.9 Å². The summed E-state index contributed by atoms with van der Waals surface area (Å²) >= 11 is 3.57. The van der Waals surface area contributed by atoms with Crippen molar-refractivity contribution < 1.29 is 9.47 Å². The van der Waals surface area contributed by atoms with E-state index >= 15 is 0 Å². The number of pyridine rings is 1. The first-order valence-electron chi connectivity index (χ1n) is 6.46. The van der Waals surface area contributed by atoms with Crippen molar-refractivity contribution in [2.45, 2.75) is 19.5 Å². The van der Waals surface area contributed by atoms with E-state index in [1.165, 1.54) is 0 Å². The molecule has 2 aromatic rings. The first-order chi connectivity index (χ1) is 9.74. The predicted molar refractivity (Wildman–Crippen MR) is 79.8 cm³/mol. The van der Waals surface area contributed by atoms with Gasteiger partial charge in [0.1, 0.15) is 0 Å².